The van der Waals surface area contributed by atoms with Gasteiger partial charge in [-0.05, 0) is 51.1 Å². The summed E-state index contributed by atoms with van der Waals surface area (Å²) in [5, 5.41) is 0. The van der Waals surface area contributed by atoms with Gasteiger partial charge >= 0.3 is 0 Å². The van der Waals surface area contributed by atoms with Gasteiger partial charge in [-0.15, -0.1) is 0 Å². The van der Waals surface area contributed by atoms with Crippen molar-refractivity contribution < 1.29 is 4.74 Å². The van der Waals surface area contributed by atoms with Crippen LogP contribution in [0.4, 0.5) is 0 Å². The fourth-order valence-corrected chi connectivity index (χ4v) is 2.73. The van der Waals surface area contributed by atoms with Crippen molar-refractivity contribution in [3.63, 3.8) is 0 Å². The molecule has 3 nitrogen and oxygen atoms in total. The summed E-state index contributed by atoms with van der Waals surface area (Å²) in [5.41, 5.74) is 6.79. The Balaban J connectivity index is 2.05. The summed E-state index contributed by atoms with van der Waals surface area (Å²) in [4.78, 5) is 2.29. The molecule has 1 aromatic carbocycles. The van der Waals surface area contributed by atoms with Crippen LogP contribution in [0.3, 0.4) is 0 Å². The lowest BCUT2D eigenvalue weighted by Gasteiger charge is -2.36. The minimum atomic E-state index is 0.307. The lowest BCUT2D eigenvalue weighted by molar-refractivity contribution is 0.0622. The molecule has 2 atom stereocenters. The summed E-state index contributed by atoms with van der Waals surface area (Å²) in [5.74, 6) is 0.955. The molecule has 1 aromatic rings. The second-order valence-electron chi connectivity index (χ2n) is 5.32. The van der Waals surface area contributed by atoms with Gasteiger partial charge in [0.2, 0.25) is 0 Å². The fourth-order valence-electron chi connectivity index (χ4n) is 2.73. The van der Waals surface area contributed by atoms with E-state index >= 15 is 0 Å². The third-order valence-corrected chi connectivity index (χ3v) is 3.75. The second kappa shape index (κ2) is 6.21. The number of likely N-dealkylation sites (N-methyl/N-ethyl adjacent to an activating group) is 1. The zero-order valence-electron chi connectivity index (χ0n) is 11.4. The van der Waals surface area contributed by atoms with Crippen molar-refractivity contribution in [2.45, 2.75) is 44.4 Å². The molecule has 0 spiro atoms. The molecule has 1 fully saturated rings. The van der Waals surface area contributed by atoms with Crippen LogP contribution in [0.1, 0.15) is 31.2 Å². The normalized spacial score (nSPS) is 24.2. The van der Waals surface area contributed by atoms with Crippen molar-refractivity contribution in [2.24, 2.45) is 5.73 Å². The standard InChI is InChI=1S/C15H24N2O/c1-17(2)14-8-3-4-9-15(14)18-13-7-5-6-12(10-13)11-16/h5-7,10,14-15H,3-4,8-9,11,16H2,1-2H3. The molecule has 18 heavy (non-hydrogen) atoms. The Morgan fingerprint density at radius 1 is 1.28 bits per heavy atom. The van der Waals surface area contributed by atoms with E-state index in [1.165, 1.54) is 19.3 Å². The van der Waals surface area contributed by atoms with Gasteiger partial charge < -0.3 is 15.4 Å². The van der Waals surface area contributed by atoms with Gasteiger partial charge in [0.1, 0.15) is 11.9 Å². The number of hydrogen-bond donors (Lipinski definition) is 1. The van der Waals surface area contributed by atoms with E-state index in [2.05, 4.69) is 25.1 Å². The van der Waals surface area contributed by atoms with Crippen LogP contribution in [0.15, 0.2) is 24.3 Å². The maximum absolute atomic E-state index is 6.17. The Morgan fingerprint density at radius 3 is 2.78 bits per heavy atom. The highest BCUT2D eigenvalue weighted by Gasteiger charge is 2.28. The van der Waals surface area contributed by atoms with Gasteiger partial charge in [0, 0.05) is 12.6 Å². The predicted octanol–water partition coefficient (Wildman–Crippen LogP) is 2.40. The number of benzene rings is 1. The molecule has 0 amide bonds. The van der Waals surface area contributed by atoms with Crippen LogP contribution >= 0.6 is 0 Å². The first-order valence-corrected chi connectivity index (χ1v) is 6.83. The van der Waals surface area contributed by atoms with Gasteiger partial charge in [0.25, 0.3) is 0 Å². The van der Waals surface area contributed by atoms with Crippen LogP contribution < -0.4 is 10.5 Å². The van der Waals surface area contributed by atoms with E-state index in [1.54, 1.807) is 0 Å². The summed E-state index contributed by atoms with van der Waals surface area (Å²) < 4.78 is 6.17. The minimum Gasteiger partial charge on any atom is -0.489 e. The van der Waals surface area contributed by atoms with Gasteiger partial charge in [0.15, 0.2) is 0 Å². The highest BCUT2D eigenvalue weighted by atomic mass is 16.5. The lowest BCUT2D eigenvalue weighted by atomic mass is 9.91. The van der Waals surface area contributed by atoms with Crippen molar-refractivity contribution in [3.05, 3.63) is 29.8 Å². The van der Waals surface area contributed by atoms with Gasteiger partial charge in [-0.25, -0.2) is 0 Å². The summed E-state index contributed by atoms with van der Waals surface area (Å²) in [6, 6.07) is 8.67. The fraction of sp³-hybridized carbons (Fsp3) is 0.600. The molecule has 100 valence electrons. The Kier molecular flexibility index (Phi) is 4.61. The molecule has 0 aliphatic heterocycles. The smallest absolute Gasteiger partial charge is 0.120 e. The number of ether oxygens (including phenoxy) is 1. The highest BCUT2D eigenvalue weighted by molar-refractivity contribution is 5.28. The van der Waals surface area contributed by atoms with E-state index in [4.69, 9.17) is 10.5 Å². The highest BCUT2D eigenvalue weighted by Crippen LogP contribution is 2.26. The quantitative estimate of drug-likeness (QED) is 0.889. The van der Waals surface area contributed by atoms with E-state index in [-0.39, 0.29) is 0 Å². The molecule has 1 aliphatic rings. The van der Waals surface area contributed by atoms with Crippen molar-refractivity contribution in [3.8, 4) is 5.75 Å². The Bertz CT molecular complexity index is 379. The van der Waals surface area contributed by atoms with E-state index in [1.807, 2.05) is 18.2 Å². The average molecular weight is 248 g/mol. The van der Waals surface area contributed by atoms with E-state index in [9.17, 15) is 0 Å². The Morgan fingerprint density at radius 2 is 2.06 bits per heavy atom. The SMILES string of the molecule is CN(C)C1CCCCC1Oc1cccc(CN)c1. The Labute approximate surface area is 110 Å². The lowest BCUT2D eigenvalue weighted by Crippen LogP contribution is -2.44. The monoisotopic (exact) mass is 248 g/mol. The maximum atomic E-state index is 6.17. The molecule has 0 radical (unpaired) electrons. The van der Waals surface area contributed by atoms with Crippen LogP contribution in [0.5, 0.6) is 5.75 Å². The molecule has 1 aliphatic carbocycles. The van der Waals surface area contributed by atoms with Crippen molar-refractivity contribution in [1.29, 1.82) is 0 Å². The van der Waals surface area contributed by atoms with Crippen LogP contribution in [0.25, 0.3) is 0 Å². The van der Waals surface area contributed by atoms with E-state index < -0.39 is 0 Å². The molecular formula is C15H24N2O. The first-order valence-electron chi connectivity index (χ1n) is 6.83. The molecule has 0 saturated heterocycles. The molecule has 2 unspecified atom stereocenters. The Hall–Kier alpha value is -1.06. The van der Waals surface area contributed by atoms with E-state index in [0.717, 1.165) is 17.7 Å². The molecule has 0 heterocycles. The van der Waals surface area contributed by atoms with Crippen molar-refractivity contribution in [1.82, 2.24) is 4.90 Å². The minimum absolute atomic E-state index is 0.307. The molecular weight excluding hydrogens is 224 g/mol. The van der Waals surface area contributed by atoms with Gasteiger partial charge in [-0.3, -0.25) is 0 Å². The van der Waals surface area contributed by atoms with Gasteiger partial charge in [-0.2, -0.15) is 0 Å². The zero-order valence-corrected chi connectivity index (χ0v) is 11.4. The van der Waals surface area contributed by atoms with Crippen LogP contribution in [0, 0.1) is 0 Å². The molecule has 2 N–H and O–H groups in total. The third-order valence-electron chi connectivity index (χ3n) is 3.75. The predicted molar refractivity (Wildman–Crippen MR) is 74.7 cm³/mol. The summed E-state index contributed by atoms with van der Waals surface area (Å²) in [7, 11) is 4.28. The van der Waals surface area contributed by atoms with E-state index in [0.29, 0.717) is 18.7 Å². The third kappa shape index (κ3) is 3.24. The van der Waals surface area contributed by atoms with Crippen LogP contribution in [-0.4, -0.2) is 31.1 Å². The maximum Gasteiger partial charge on any atom is 0.120 e. The second-order valence-corrected chi connectivity index (χ2v) is 5.32. The number of rotatable bonds is 4. The molecule has 2 rings (SSSR count). The summed E-state index contributed by atoms with van der Waals surface area (Å²) in [6.45, 7) is 0.568. The number of nitrogens with zero attached hydrogens (tertiary/aromatic N) is 1. The van der Waals surface area contributed by atoms with Crippen LogP contribution in [0.2, 0.25) is 0 Å². The van der Waals surface area contributed by atoms with Gasteiger partial charge in [0.05, 0.1) is 0 Å². The van der Waals surface area contributed by atoms with Crippen molar-refractivity contribution >= 4 is 0 Å². The summed E-state index contributed by atoms with van der Waals surface area (Å²) >= 11 is 0. The summed E-state index contributed by atoms with van der Waals surface area (Å²) in [6.07, 6.45) is 5.27. The molecule has 0 aromatic heterocycles. The van der Waals surface area contributed by atoms with Crippen LogP contribution in [-0.2, 0) is 6.54 Å². The zero-order chi connectivity index (χ0) is 13.0. The topological polar surface area (TPSA) is 38.5 Å². The molecule has 0 bridgehead atoms. The van der Waals surface area contributed by atoms with Crippen molar-refractivity contribution in [2.75, 3.05) is 14.1 Å². The molecule has 1 saturated carbocycles. The first-order chi connectivity index (χ1) is 8.70. The number of nitrogens with two attached hydrogens (primary N) is 1. The first kappa shape index (κ1) is 13.4. The molecule has 3 heteroatoms. The average Bonchev–Trinajstić information content (AvgIpc) is 2.39. The largest absolute Gasteiger partial charge is 0.489 e. The number of hydrogen-bond acceptors (Lipinski definition) is 3. The van der Waals surface area contributed by atoms with Gasteiger partial charge in [-0.1, -0.05) is 18.6 Å².